The second-order valence-electron chi connectivity index (χ2n) is 4.31. The molecule has 0 saturated heterocycles. The lowest BCUT2D eigenvalue weighted by molar-refractivity contribution is -0.127. The molecule has 118 valence electrons. The fourth-order valence-electron chi connectivity index (χ4n) is 1.45. The summed E-state index contributed by atoms with van der Waals surface area (Å²) in [7, 11) is -4.17. The quantitative estimate of drug-likeness (QED) is 0.778. The van der Waals surface area contributed by atoms with Crippen molar-refractivity contribution in [2.24, 2.45) is 5.14 Å². The molecule has 0 aromatic heterocycles. The molecule has 0 heterocycles. The van der Waals surface area contributed by atoms with Crippen molar-refractivity contribution in [1.29, 1.82) is 0 Å². The number of rotatable bonds is 6. The average molecular weight is 383 g/mol. The standard InChI is InChI=1S/C12H16BrFN2O4S/c1-3-4-16-12(17)7(2)20-10-6-9(14)11(5-8(10)13)21(15,18)19/h5-7H,3-4H2,1-2H3,(H,16,17)(H2,15,18,19). The predicted molar refractivity (Wildman–Crippen MR) is 78.9 cm³/mol. The van der Waals surface area contributed by atoms with Crippen LogP contribution in [0.4, 0.5) is 4.39 Å². The first kappa shape index (κ1) is 17.9. The zero-order chi connectivity index (χ0) is 16.2. The van der Waals surface area contributed by atoms with E-state index in [0.29, 0.717) is 6.54 Å². The minimum atomic E-state index is -4.17. The van der Waals surface area contributed by atoms with Gasteiger partial charge in [-0.25, -0.2) is 17.9 Å². The van der Waals surface area contributed by atoms with Gasteiger partial charge in [-0.3, -0.25) is 4.79 Å². The smallest absolute Gasteiger partial charge is 0.260 e. The Morgan fingerprint density at radius 1 is 1.52 bits per heavy atom. The van der Waals surface area contributed by atoms with Gasteiger partial charge in [-0.2, -0.15) is 0 Å². The first-order chi connectivity index (χ1) is 9.66. The van der Waals surface area contributed by atoms with Gasteiger partial charge in [0.15, 0.2) is 6.10 Å². The first-order valence-corrected chi connectivity index (χ1v) is 8.47. The molecule has 3 N–H and O–H groups in total. The van der Waals surface area contributed by atoms with Gasteiger partial charge >= 0.3 is 0 Å². The topological polar surface area (TPSA) is 98.5 Å². The van der Waals surface area contributed by atoms with E-state index in [1.807, 2.05) is 6.92 Å². The van der Waals surface area contributed by atoms with Crippen molar-refractivity contribution in [3.63, 3.8) is 0 Å². The van der Waals surface area contributed by atoms with Crippen molar-refractivity contribution in [2.45, 2.75) is 31.3 Å². The molecule has 21 heavy (non-hydrogen) atoms. The minimum Gasteiger partial charge on any atom is -0.480 e. The summed E-state index contributed by atoms with van der Waals surface area (Å²) >= 11 is 3.06. The van der Waals surface area contributed by atoms with E-state index >= 15 is 0 Å². The van der Waals surface area contributed by atoms with Crippen LogP contribution in [0.25, 0.3) is 0 Å². The highest BCUT2D eigenvalue weighted by Gasteiger charge is 2.20. The Hall–Kier alpha value is -1.19. The Bertz CT molecular complexity index is 636. The molecule has 0 aliphatic carbocycles. The maximum Gasteiger partial charge on any atom is 0.260 e. The van der Waals surface area contributed by atoms with E-state index in [0.717, 1.165) is 18.6 Å². The predicted octanol–water partition coefficient (Wildman–Crippen LogP) is 1.53. The molecule has 0 bridgehead atoms. The summed E-state index contributed by atoms with van der Waals surface area (Å²) in [6, 6.07) is 1.87. The van der Waals surface area contributed by atoms with Gasteiger partial charge in [0.2, 0.25) is 10.0 Å². The number of carbonyl (C=O) groups excluding carboxylic acids is 1. The van der Waals surface area contributed by atoms with Crippen LogP contribution in [-0.4, -0.2) is 27.0 Å². The minimum absolute atomic E-state index is 0.0130. The van der Waals surface area contributed by atoms with Crippen LogP contribution < -0.4 is 15.2 Å². The van der Waals surface area contributed by atoms with Crippen molar-refractivity contribution in [2.75, 3.05) is 6.54 Å². The number of hydrogen-bond acceptors (Lipinski definition) is 4. The van der Waals surface area contributed by atoms with E-state index in [-0.39, 0.29) is 16.1 Å². The van der Waals surface area contributed by atoms with Gasteiger partial charge in [0.1, 0.15) is 16.5 Å². The van der Waals surface area contributed by atoms with Gasteiger partial charge in [-0.05, 0) is 35.3 Å². The van der Waals surface area contributed by atoms with Crippen LogP contribution in [-0.2, 0) is 14.8 Å². The summed E-state index contributed by atoms with van der Waals surface area (Å²) in [5.74, 6) is -1.38. The number of halogens is 2. The average Bonchev–Trinajstić information content (AvgIpc) is 2.38. The van der Waals surface area contributed by atoms with Crippen LogP contribution in [0.15, 0.2) is 21.5 Å². The molecule has 9 heteroatoms. The Morgan fingerprint density at radius 3 is 2.67 bits per heavy atom. The van der Waals surface area contributed by atoms with Crippen LogP contribution in [0.3, 0.4) is 0 Å². The van der Waals surface area contributed by atoms with Crippen LogP contribution in [0.5, 0.6) is 5.75 Å². The molecular weight excluding hydrogens is 367 g/mol. The fourth-order valence-corrected chi connectivity index (χ4v) is 2.66. The second-order valence-corrected chi connectivity index (χ2v) is 6.69. The summed E-state index contributed by atoms with van der Waals surface area (Å²) in [5.41, 5.74) is 0. The Kier molecular flexibility index (Phi) is 6.11. The Labute approximate surface area is 131 Å². The Morgan fingerprint density at radius 2 is 2.14 bits per heavy atom. The van der Waals surface area contributed by atoms with E-state index in [1.54, 1.807) is 0 Å². The largest absolute Gasteiger partial charge is 0.480 e. The summed E-state index contributed by atoms with van der Waals surface area (Å²) in [6.45, 7) is 3.92. The number of sulfonamides is 1. The van der Waals surface area contributed by atoms with Crippen LogP contribution in [0.1, 0.15) is 20.3 Å². The van der Waals surface area contributed by atoms with Crippen LogP contribution in [0, 0.1) is 5.82 Å². The lowest BCUT2D eigenvalue weighted by Crippen LogP contribution is -2.36. The summed E-state index contributed by atoms with van der Waals surface area (Å²) in [6.07, 6.45) is -0.0765. The van der Waals surface area contributed by atoms with Crippen LogP contribution in [0.2, 0.25) is 0 Å². The monoisotopic (exact) mass is 382 g/mol. The fraction of sp³-hybridized carbons (Fsp3) is 0.417. The number of ether oxygens (including phenoxy) is 1. The van der Waals surface area contributed by atoms with E-state index in [1.165, 1.54) is 6.92 Å². The van der Waals surface area contributed by atoms with Gasteiger partial charge in [-0.1, -0.05) is 6.92 Å². The summed E-state index contributed by atoms with van der Waals surface area (Å²) < 4.78 is 41.6. The molecule has 1 aromatic rings. The number of nitrogens with two attached hydrogens (primary N) is 1. The van der Waals surface area contributed by atoms with Gasteiger partial charge in [0.05, 0.1) is 4.47 Å². The molecule has 0 aliphatic heterocycles. The van der Waals surface area contributed by atoms with Crippen molar-refractivity contribution in [3.8, 4) is 5.75 Å². The summed E-state index contributed by atoms with van der Waals surface area (Å²) in [4.78, 5) is 11.0. The number of benzene rings is 1. The third-order valence-electron chi connectivity index (χ3n) is 2.52. The zero-order valence-electron chi connectivity index (χ0n) is 11.5. The molecule has 0 radical (unpaired) electrons. The molecule has 1 amide bonds. The molecule has 1 aromatic carbocycles. The van der Waals surface area contributed by atoms with E-state index in [2.05, 4.69) is 21.2 Å². The molecule has 1 unspecified atom stereocenters. The number of amides is 1. The van der Waals surface area contributed by atoms with Gasteiger partial charge in [0, 0.05) is 12.6 Å². The van der Waals surface area contributed by atoms with Gasteiger partial charge in [-0.15, -0.1) is 0 Å². The molecule has 0 aliphatic rings. The highest BCUT2D eigenvalue weighted by atomic mass is 79.9. The lowest BCUT2D eigenvalue weighted by Gasteiger charge is -2.16. The molecular formula is C12H16BrFN2O4S. The SMILES string of the molecule is CCCNC(=O)C(C)Oc1cc(F)c(S(N)(=O)=O)cc1Br. The van der Waals surface area contributed by atoms with Crippen molar-refractivity contribution in [1.82, 2.24) is 5.32 Å². The lowest BCUT2D eigenvalue weighted by atomic mass is 10.3. The third kappa shape index (κ3) is 4.94. The normalized spacial score (nSPS) is 12.8. The Balaban J connectivity index is 2.96. The van der Waals surface area contributed by atoms with Gasteiger partial charge in [0.25, 0.3) is 5.91 Å². The zero-order valence-corrected chi connectivity index (χ0v) is 13.9. The van der Waals surface area contributed by atoms with Crippen LogP contribution >= 0.6 is 15.9 Å². The molecule has 1 atom stereocenters. The number of hydrogen-bond donors (Lipinski definition) is 2. The molecule has 6 nitrogen and oxygen atoms in total. The highest BCUT2D eigenvalue weighted by Crippen LogP contribution is 2.30. The van der Waals surface area contributed by atoms with Crippen molar-refractivity contribution >= 4 is 31.9 Å². The molecule has 0 fully saturated rings. The first-order valence-electron chi connectivity index (χ1n) is 6.13. The second kappa shape index (κ2) is 7.19. The maximum atomic E-state index is 13.7. The molecule has 1 rings (SSSR count). The number of primary sulfonamides is 1. The highest BCUT2D eigenvalue weighted by molar-refractivity contribution is 9.10. The molecule has 0 spiro atoms. The van der Waals surface area contributed by atoms with Crippen molar-refractivity contribution in [3.05, 3.63) is 22.4 Å². The van der Waals surface area contributed by atoms with E-state index in [9.17, 15) is 17.6 Å². The van der Waals surface area contributed by atoms with Crippen molar-refractivity contribution < 1.29 is 22.3 Å². The summed E-state index contributed by atoms with van der Waals surface area (Å²) in [5, 5.41) is 7.52. The van der Waals surface area contributed by atoms with E-state index in [4.69, 9.17) is 9.88 Å². The number of carbonyl (C=O) groups is 1. The molecule has 0 saturated carbocycles. The van der Waals surface area contributed by atoms with E-state index < -0.39 is 26.8 Å². The maximum absolute atomic E-state index is 13.7. The number of nitrogens with one attached hydrogen (secondary N) is 1. The van der Waals surface area contributed by atoms with Gasteiger partial charge < -0.3 is 10.1 Å². The third-order valence-corrected chi connectivity index (χ3v) is 4.06.